The Morgan fingerprint density at radius 2 is 2.44 bits per heavy atom. The molecule has 0 radical (unpaired) electrons. The van der Waals surface area contributed by atoms with E-state index in [2.05, 4.69) is 27.6 Å². The number of thiol groups is 1. The highest BCUT2D eigenvalue weighted by Gasteiger charge is 2.14. The second-order valence-corrected chi connectivity index (χ2v) is 3.54. The van der Waals surface area contributed by atoms with Gasteiger partial charge in [0, 0.05) is 18.8 Å². The predicted molar refractivity (Wildman–Crippen MR) is 58.8 cm³/mol. The van der Waals surface area contributed by atoms with Crippen molar-refractivity contribution in [1.29, 1.82) is 0 Å². The molecule has 8 heteroatoms. The molecule has 0 aliphatic rings. The quantitative estimate of drug-likeness (QED) is 0.565. The first-order valence-corrected chi connectivity index (χ1v) is 5.29. The first-order chi connectivity index (χ1) is 7.56. The summed E-state index contributed by atoms with van der Waals surface area (Å²) in [7, 11) is 0. The molecule has 1 heterocycles. The summed E-state index contributed by atoms with van der Waals surface area (Å²) in [5.41, 5.74) is 0. The molecule has 0 aliphatic carbocycles. The van der Waals surface area contributed by atoms with Gasteiger partial charge in [0.1, 0.15) is 6.04 Å². The molecule has 1 atom stereocenters. The van der Waals surface area contributed by atoms with E-state index >= 15 is 0 Å². The van der Waals surface area contributed by atoms with Crippen molar-refractivity contribution in [3.05, 3.63) is 16.4 Å². The van der Waals surface area contributed by atoms with Crippen LogP contribution in [0.4, 0.5) is 0 Å². The van der Waals surface area contributed by atoms with Crippen LogP contribution >= 0.6 is 12.6 Å². The zero-order valence-corrected chi connectivity index (χ0v) is 9.61. The van der Waals surface area contributed by atoms with E-state index in [9.17, 15) is 9.59 Å². The number of hydrogen-bond acceptors (Lipinski definition) is 6. The number of carboxylic acid groups (broad SMARTS) is 1. The van der Waals surface area contributed by atoms with Crippen LogP contribution in [0.25, 0.3) is 0 Å². The average molecular weight is 247 g/mol. The van der Waals surface area contributed by atoms with Crippen LogP contribution in [-0.2, 0) is 11.3 Å². The lowest BCUT2D eigenvalue weighted by atomic mass is 10.3. The lowest BCUT2D eigenvalue weighted by Gasteiger charge is -2.11. The minimum Gasteiger partial charge on any atom is -0.480 e. The molecule has 0 unspecified atom stereocenters. The Morgan fingerprint density at radius 1 is 1.75 bits per heavy atom. The van der Waals surface area contributed by atoms with Crippen LogP contribution in [0.15, 0.2) is 9.32 Å². The number of aryl methyl sites for hydroxylation is 1. The number of carboxylic acids is 1. The first kappa shape index (κ1) is 12.8. The van der Waals surface area contributed by atoms with Crippen LogP contribution in [0, 0.1) is 6.92 Å². The Balaban J connectivity index is 2.47. The smallest absolute Gasteiger partial charge is 0.441 e. The van der Waals surface area contributed by atoms with E-state index in [0.29, 0.717) is 18.9 Å². The van der Waals surface area contributed by atoms with Crippen molar-refractivity contribution in [2.75, 3.05) is 12.3 Å². The third-order valence-electron chi connectivity index (χ3n) is 2.07. The average Bonchev–Trinajstić information content (AvgIpc) is 2.54. The van der Waals surface area contributed by atoms with Gasteiger partial charge >= 0.3 is 11.7 Å². The van der Waals surface area contributed by atoms with Gasteiger partial charge in [0.15, 0.2) is 5.82 Å². The summed E-state index contributed by atoms with van der Waals surface area (Å²) < 4.78 is 5.75. The Morgan fingerprint density at radius 3 is 2.88 bits per heavy atom. The molecule has 0 spiro atoms. The molecule has 1 aromatic rings. The molecule has 16 heavy (non-hydrogen) atoms. The van der Waals surface area contributed by atoms with E-state index in [1.807, 2.05) is 0 Å². The molecule has 0 fully saturated rings. The summed E-state index contributed by atoms with van der Waals surface area (Å²) in [6, 6.07) is -0.723. The fourth-order valence-electron chi connectivity index (χ4n) is 1.17. The topological polar surface area (TPSA) is 97.4 Å². The predicted octanol–water partition coefficient (Wildman–Crippen LogP) is -0.883. The standard InChI is InChI=1S/C8H13N3O4S/c1-5-10-15-8(14)11(5)3-2-9-6(4-16)7(12)13/h6,9,16H,2-4H2,1H3,(H,12,13)/t6-/m0/s1. The van der Waals surface area contributed by atoms with E-state index in [-0.39, 0.29) is 5.75 Å². The monoisotopic (exact) mass is 247 g/mol. The molecule has 2 N–H and O–H groups in total. The minimum atomic E-state index is -0.968. The lowest BCUT2D eigenvalue weighted by molar-refractivity contribution is -0.138. The van der Waals surface area contributed by atoms with Crippen molar-refractivity contribution in [1.82, 2.24) is 15.0 Å². The van der Waals surface area contributed by atoms with Crippen molar-refractivity contribution >= 4 is 18.6 Å². The zero-order valence-electron chi connectivity index (χ0n) is 8.71. The van der Waals surface area contributed by atoms with Crippen LogP contribution in [0.2, 0.25) is 0 Å². The second kappa shape index (κ2) is 5.71. The van der Waals surface area contributed by atoms with E-state index in [1.165, 1.54) is 4.57 Å². The van der Waals surface area contributed by atoms with E-state index in [0.717, 1.165) is 0 Å². The fraction of sp³-hybridized carbons (Fsp3) is 0.625. The van der Waals surface area contributed by atoms with Crippen molar-refractivity contribution in [3.8, 4) is 0 Å². The van der Waals surface area contributed by atoms with Gasteiger partial charge < -0.3 is 10.4 Å². The molecule has 90 valence electrons. The minimum absolute atomic E-state index is 0.187. The molecule has 1 aromatic heterocycles. The number of nitrogens with zero attached hydrogens (tertiary/aromatic N) is 2. The molecular weight excluding hydrogens is 234 g/mol. The number of rotatable bonds is 6. The largest absolute Gasteiger partial charge is 0.480 e. The van der Waals surface area contributed by atoms with Crippen molar-refractivity contribution < 1.29 is 14.4 Å². The SMILES string of the molecule is Cc1noc(=O)n1CCN[C@@H](CS)C(=O)O. The molecule has 0 aliphatic heterocycles. The normalized spacial score (nSPS) is 12.6. The van der Waals surface area contributed by atoms with Gasteiger partial charge in [-0.15, -0.1) is 0 Å². The third-order valence-corrected chi connectivity index (χ3v) is 2.44. The van der Waals surface area contributed by atoms with Gasteiger partial charge in [-0.3, -0.25) is 13.9 Å². The summed E-state index contributed by atoms with van der Waals surface area (Å²) >= 11 is 3.90. The zero-order chi connectivity index (χ0) is 12.1. The summed E-state index contributed by atoms with van der Waals surface area (Å²) in [5.74, 6) is -0.863. The van der Waals surface area contributed by atoms with E-state index in [1.54, 1.807) is 6.92 Å². The summed E-state index contributed by atoms with van der Waals surface area (Å²) in [5, 5.41) is 15.0. The number of hydrogen-bond donors (Lipinski definition) is 3. The second-order valence-electron chi connectivity index (χ2n) is 3.17. The summed E-state index contributed by atoms with van der Waals surface area (Å²) in [6.45, 7) is 2.28. The summed E-state index contributed by atoms with van der Waals surface area (Å²) in [6.07, 6.45) is 0. The van der Waals surface area contributed by atoms with E-state index < -0.39 is 17.8 Å². The molecule has 1 rings (SSSR count). The highest BCUT2D eigenvalue weighted by Crippen LogP contribution is 1.91. The Bertz CT molecular complexity index is 414. The summed E-state index contributed by atoms with van der Waals surface area (Å²) in [4.78, 5) is 21.7. The maximum absolute atomic E-state index is 11.1. The number of aliphatic carboxylic acids is 1. The highest BCUT2D eigenvalue weighted by atomic mass is 32.1. The van der Waals surface area contributed by atoms with Crippen LogP contribution in [0.5, 0.6) is 0 Å². The highest BCUT2D eigenvalue weighted by molar-refractivity contribution is 7.80. The molecule has 7 nitrogen and oxygen atoms in total. The number of nitrogens with one attached hydrogen (secondary N) is 1. The van der Waals surface area contributed by atoms with Crippen molar-refractivity contribution in [2.45, 2.75) is 19.5 Å². The maximum atomic E-state index is 11.1. The Hall–Kier alpha value is -1.28. The Labute approximate surface area is 96.8 Å². The first-order valence-electron chi connectivity index (χ1n) is 4.66. The number of carbonyl (C=O) groups is 1. The maximum Gasteiger partial charge on any atom is 0.441 e. The third kappa shape index (κ3) is 3.11. The fourth-order valence-corrected chi connectivity index (χ4v) is 1.45. The van der Waals surface area contributed by atoms with Crippen molar-refractivity contribution in [3.63, 3.8) is 0 Å². The van der Waals surface area contributed by atoms with Gasteiger partial charge in [-0.2, -0.15) is 12.6 Å². The van der Waals surface area contributed by atoms with Gasteiger partial charge in [0.2, 0.25) is 0 Å². The molecule has 0 saturated carbocycles. The van der Waals surface area contributed by atoms with Crippen LogP contribution in [0.1, 0.15) is 5.82 Å². The van der Waals surface area contributed by atoms with Gasteiger partial charge in [0.05, 0.1) is 0 Å². The molecule has 0 bridgehead atoms. The molecule has 0 saturated heterocycles. The van der Waals surface area contributed by atoms with Gasteiger partial charge in [-0.1, -0.05) is 5.16 Å². The lowest BCUT2D eigenvalue weighted by Crippen LogP contribution is -2.40. The van der Waals surface area contributed by atoms with Crippen LogP contribution in [0.3, 0.4) is 0 Å². The molecule has 0 amide bonds. The van der Waals surface area contributed by atoms with Crippen LogP contribution in [-0.4, -0.2) is 39.1 Å². The molecular formula is C8H13N3O4S. The molecule has 0 aromatic carbocycles. The van der Waals surface area contributed by atoms with Gasteiger partial charge in [-0.25, -0.2) is 4.79 Å². The van der Waals surface area contributed by atoms with Crippen LogP contribution < -0.4 is 11.1 Å². The number of aromatic nitrogens is 2. The Kier molecular flexibility index (Phi) is 4.56. The van der Waals surface area contributed by atoms with E-state index in [4.69, 9.17) is 5.11 Å². The van der Waals surface area contributed by atoms with Crippen molar-refractivity contribution in [2.24, 2.45) is 0 Å². The van der Waals surface area contributed by atoms with Gasteiger partial charge in [0.25, 0.3) is 0 Å². The van der Waals surface area contributed by atoms with Gasteiger partial charge in [-0.05, 0) is 6.92 Å².